The lowest BCUT2D eigenvalue weighted by Gasteiger charge is -2.35. The number of nitrogens with one attached hydrogen (secondary N) is 1. The lowest BCUT2D eigenvalue weighted by atomic mass is 9.94. The number of H-pyrrole nitrogens is 1. The second-order valence-corrected chi connectivity index (χ2v) is 11.0. The van der Waals surface area contributed by atoms with Crippen molar-refractivity contribution in [1.29, 1.82) is 0 Å². The van der Waals surface area contributed by atoms with Gasteiger partial charge in [-0.3, -0.25) is 9.69 Å². The maximum atomic E-state index is 13.3. The van der Waals surface area contributed by atoms with E-state index in [1.165, 1.54) is 30.4 Å². The molecule has 1 N–H and O–H groups in total. The number of tetrazole rings is 1. The van der Waals surface area contributed by atoms with Gasteiger partial charge in [-0.25, -0.2) is 4.68 Å². The van der Waals surface area contributed by atoms with Gasteiger partial charge in [0.05, 0.1) is 12.1 Å². The number of aromatic nitrogens is 5. The van der Waals surface area contributed by atoms with E-state index in [-0.39, 0.29) is 17.5 Å². The molecule has 1 saturated carbocycles. The third-order valence-electron chi connectivity index (χ3n) is 7.72. The van der Waals surface area contributed by atoms with E-state index < -0.39 is 0 Å². The van der Waals surface area contributed by atoms with Gasteiger partial charge < -0.3 is 4.98 Å². The number of benzene rings is 2. The summed E-state index contributed by atoms with van der Waals surface area (Å²) in [7, 11) is 0. The van der Waals surface area contributed by atoms with Gasteiger partial charge in [-0.05, 0) is 71.9 Å². The van der Waals surface area contributed by atoms with Crippen molar-refractivity contribution in [3.63, 3.8) is 0 Å². The van der Waals surface area contributed by atoms with E-state index in [0.29, 0.717) is 19.1 Å². The van der Waals surface area contributed by atoms with E-state index in [4.69, 9.17) is 0 Å². The monoisotopic (exact) mass is 498 g/mol. The molecule has 4 aromatic rings. The number of nitrogens with zero attached hydrogens (tertiary/aromatic N) is 5. The normalized spacial score (nSPS) is 15.6. The third kappa shape index (κ3) is 5.52. The Morgan fingerprint density at radius 1 is 1.03 bits per heavy atom. The summed E-state index contributed by atoms with van der Waals surface area (Å²) in [5.74, 6) is 1.16. The first-order valence-corrected chi connectivity index (χ1v) is 13.6. The molecule has 194 valence electrons. The maximum Gasteiger partial charge on any atom is 0.252 e. The van der Waals surface area contributed by atoms with Crippen LogP contribution in [0, 0.1) is 19.8 Å². The lowest BCUT2D eigenvalue weighted by molar-refractivity contribution is 0.121. The standard InChI is InChI=1S/C30H38N6O/c1-20(2)28(29-32-33-34-36(29)25-13-9-6-10-14-25)35(18-23-11-7-5-8-12-23)19-24-17-26-22(4)15-21(3)16-27(26)31-30(24)37/h5,7-8,11-12,15-17,20,25,28H,6,9-10,13-14,18-19H2,1-4H3,(H,31,37). The average molecular weight is 499 g/mol. The van der Waals surface area contributed by atoms with Crippen LogP contribution in [-0.4, -0.2) is 30.1 Å². The Bertz CT molecular complexity index is 1400. The van der Waals surface area contributed by atoms with Crippen molar-refractivity contribution in [3.05, 3.63) is 87.0 Å². The number of pyridine rings is 1. The molecular weight excluding hydrogens is 460 g/mol. The topological polar surface area (TPSA) is 79.7 Å². The predicted octanol–water partition coefficient (Wildman–Crippen LogP) is 6.04. The molecule has 0 radical (unpaired) electrons. The SMILES string of the molecule is Cc1cc(C)c2cc(CN(Cc3ccccc3)C(c3nnnn3C3CCCCC3)C(C)C)c(=O)[nH]c2c1. The molecule has 2 heterocycles. The van der Waals surface area contributed by atoms with E-state index in [1.54, 1.807) is 0 Å². The Morgan fingerprint density at radius 2 is 1.78 bits per heavy atom. The molecule has 7 heteroatoms. The van der Waals surface area contributed by atoms with E-state index >= 15 is 0 Å². The van der Waals surface area contributed by atoms with Crippen molar-refractivity contribution in [3.8, 4) is 0 Å². The molecule has 1 fully saturated rings. The first-order valence-electron chi connectivity index (χ1n) is 13.6. The van der Waals surface area contributed by atoms with E-state index in [2.05, 4.69) is 94.2 Å². The summed E-state index contributed by atoms with van der Waals surface area (Å²) in [6, 6.07) is 17.1. The molecule has 1 atom stereocenters. The van der Waals surface area contributed by atoms with Crippen LogP contribution in [0.5, 0.6) is 0 Å². The summed E-state index contributed by atoms with van der Waals surface area (Å²) in [6.45, 7) is 9.82. The molecule has 0 aliphatic heterocycles. The molecule has 2 aromatic carbocycles. The minimum atomic E-state index is -0.0371. The largest absolute Gasteiger partial charge is 0.322 e. The van der Waals surface area contributed by atoms with Crippen LogP contribution in [0.3, 0.4) is 0 Å². The molecule has 2 aromatic heterocycles. The second-order valence-electron chi connectivity index (χ2n) is 11.0. The van der Waals surface area contributed by atoms with Crippen LogP contribution in [0.1, 0.15) is 86.1 Å². The molecule has 1 unspecified atom stereocenters. The highest BCUT2D eigenvalue weighted by molar-refractivity contribution is 5.83. The smallest absolute Gasteiger partial charge is 0.252 e. The molecule has 1 aliphatic rings. The van der Waals surface area contributed by atoms with Crippen molar-refractivity contribution < 1.29 is 0 Å². The number of fused-ring (bicyclic) bond motifs is 1. The van der Waals surface area contributed by atoms with Crippen molar-refractivity contribution in [2.75, 3.05) is 0 Å². The highest BCUT2D eigenvalue weighted by Crippen LogP contribution is 2.34. The van der Waals surface area contributed by atoms with Crippen LogP contribution in [0.15, 0.2) is 53.3 Å². The van der Waals surface area contributed by atoms with Crippen LogP contribution in [0.2, 0.25) is 0 Å². The first kappa shape index (κ1) is 25.3. The fourth-order valence-electron chi connectivity index (χ4n) is 5.99. The van der Waals surface area contributed by atoms with Gasteiger partial charge in [0, 0.05) is 29.6 Å². The molecule has 0 saturated heterocycles. The summed E-state index contributed by atoms with van der Waals surface area (Å²) in [5.41, 5.74) is 5.14. The van der Waals surface area contributed by atoms with Gasteiger partial charge in [0.15, 0.2) is 5.82 Å². The van der Waals surface area contributed by atoms with Crippen molar-refractivity contribution in [2.45, 2.75) is 85.0 Å². The van der Waals surface area contributed by atoms with E-state index in [1.807, 2.05) is 12.1 Å². The zero-order chi connectivity index (χ0) is 25.9. The Labute approximate surface area is 218 Å². The lowest BCUT2D eigenvalue weighted by Crippen LogP contribution is -2.36. The minimum absolute atomic E-state index is 0.0358. The molecule has 1 aliphatic carbocycles. The molecular formula is C30H38N6O. The summed E-state index contributed by atoms with van der Waals surface area (Å²) >= 11 is 0. The Kier molecular flexibility index (Phi) is 7.51. The minimum Gasteiger partial charge on any atom is -0.322 e. The highest BCUT2D eigenvalue weighted by Gasteiger charge is 2.32. The average Bonchev–Trinajstić information content (AvgIpc) is 3.35. The predicted molar refractivity (Wildman–Crippen MR) is 147 cm³/mol. The third-order valence-corrected chi connectivity index (χ3v) is 7.72. The zero-order valence-electron chi connectivity index (χ0n) is 22.4. The van der Waals surface area contributed by atoms with Crippen LogP contribution in [0.25, 0.3) is 10.9 Å². The summed E-state index contributed by atoms with van der Waals surface area (Å²) in [5, 5.41) is 14.3. The van der Waals surface area contributed by atoms with Crippen LogP contribution in [-0.2, 0) is 13.1 Å². The number of rotatable bonds is 8. The Hall–Kier alpha value is -3.32. The second kappa shape index (κ2) is 11.0. The summed E-state index contributed by atoms with van der Waals surface area (Å²) in [4.78, 5) is 18.8. The number of hydrogen-bond donors (Lipinski definition) is 1. The van der Waals surface area contributed by atoms with Gasteiger partial charge in [-0.1, -0.05) is 69.5 Å². The molecule has 0 amide bonds. The number of aryl methyl sites for hydroxylation is 2. The Balaban J connectivity index is 1.57. The van der Waals surface area contributed by atoms with E-state index in [0.717, 1.165) is 40.7 Å². The van der Waals surface area contributed by atoms with Crippen molar-refractivity contribution in [1.82, 2.24) is 30.1 Å². The van der Waals surface area contributed by atoms with Gasteiger partial charge in [0.25, 0.3) is 5.56 Å². The van der Waals surface area contributed by atoms with Gasteiger partial charge >= 0.3 is 0 Å². The maximum absolute atomic E-state index is 13.3. The Morgan fingerprint density at radius 3 is 2.51 bits per heavy atom. The fourth-order valence-corrected chi connectivity index (χ4v) is 5.99. The summed E-state index contributed by atoms with van der Waals surface area (Å²) in [6.07, 6.45) is 5.95. The molecule has 37 heavy (non-hydrogen) atoms. The molecule has 0 spiro atoms. The number of hydrogen-bond acceptors (Lipinski definition) is 5. The summed E-state index contributed by atoms with van der Waals surface area (Å²) < 4.78 is 2.08. The van der Waals surface area contributed by atoms with Gasteiger partial charge in [-0.15, -0.1) is 5.10 Å². The molecule has 0 bridgehead atoms. The van der Waals surface area contributed by atoms with Gasteiger partial charge in [-0.2, -0.15) is 0 Å². The van der Waals surface area contributed by atoms with Crippen molar-refractivity contribution in [2.24, 2.45) is 5.92 Å². The van der Waals surface area contributed by atoms with Gasteiger partial charge in [0.1, 0.15) is 0 Å². The first-order chi connectivity index (χ1) is 17.9. The van der Waals surface area contributed by atoms with Crippen molar-refractivity contribution >= 4 is 10.9 Å². The molecule has 5 rings (SSSR count). The van der Waals surface area contributed by atoms with Gasteiger partial charge in [0.2, 0.25) is 0 Å². The number of aromatic amines is 1. The van der Waals surface area contributed by atoms with Crippen LogP contribution in [0.4, 0.5) is 0 Å². The quantitative estimate of drug-likeness (QED) is 0.321. The zero-order valence-corrected chi connectivity index (χ0v) is 22.4. The molecule has 7 nitrogen and oxygen atoms in total. The fraction of sp³-hybridized carbons (Fsp3) is 0.467. The van der Waals surface area contributed by atoms with Crippen LogP contribution < -0.4 is 5.56 Å². The van der Waals surface area contributed by atoms with E-state index in [9.17, 15) is 4.79 Å². The van der Waals surface area contributed by atoms with Crippen LogP contribution >= 0.6 is 0 Å². The highest BCUT2D eigenvalue weighted by atomic mass is 16.1.